The fourth-order valence-corrected chi connectivity index (χ4v) is 2.71. The lowest BCUT2D eigenvalue weighted by atomic mass is 10.3. The molecule has 2 aromatic rings. The van der Waals surface area contributed by atoms with Gasteiger partial charge in [0.15, 0.2) is 0 Å². The summed E-state index contributed by atoms with van der Waals surface area (Å²) in [7, 11) is 0. The van der Waals surface area contributed by atoms with Crippen molar-refractivity contribution in [2.45, 2.75) is 0 Å². The van der Waals surface area contributed by atoms with Crippen molar-refractivity contribution in [1.82, 2.24) is 0 Å². The minimum absolute atomic E-state index is 0.175. The first-order chi connectivity index (χ1) is 8.06. The molecule has 0 aliphatic rings. The molecule has 1 heterocycles. The summed E-state index contributed by atoms with van der Waals surface area (Å²) in [4.78, 5) is 12.3. The molecule has 0 saturated carbocycles. The first-order valence-corrected chi connectivity index (χ1v) is 6.57. The fraction of sp³-hybridized carbons (Fsp3) is 0. The molecule has 2 nitrogen and oxygen atoms in total. The van der Waals surface area contributed by atoms with Crippen molar-refractivity contribution < 1.29 is 9.18 Å². The summed E-state index contributed by atoms with van der Waals surface area (Å²) in [6.07, 6.45) is 0. The number of carbonyl (C=O) groups excluding carboxylic acids is 1. The van der Waals surface area contributed by atoms with E-state index in [2.05, 4.69) is 21.2 Å². The van der Waals surface area contributed by atoms with E-state index in [9.17, 15) is 9.18 Å². The molecule has 0 fully saturated rings. The van der Waals surface area contributed by atoms with Gasteiger partial charge >= 0.3 is 0 Å². The Bertz CT molecular complexity index is 572. The average Bonchev–Trinajstić information content (AvgIpc) is 2.69. The normalized spacial score (nSPS) is 10.3. The van der Waals surface area contributed by atoms with Crippen LogP contribution in [-0.4, -0.2) is 5.91 Å². The zero-order valence-corrected chi connectivity index (χ0v) is 11.5. The Labute approximate surface area is 115 Å². The van der Waals surface area contributed by atoms with E-state index < -0.39 is 5.82 Å². The highest BCUT2D eigenvalue weighted by atomic mass is 79.9. The molecule has 0 atom stereocenters. The highest BCUT2D eigenvalue weighted by Crippen LogP contribution is 2.26. The second kappa shape index (κ2) is 5.16. The molecular weight excluding hydrogens is 329 g/mol. The van der Waals surface area contributed by atoms with Gasteiger partial charge in [0.05, 0.1) is 19.4 Å². The van der Waals surface area contributed by atoms with E-state index in [-0.39, 0.29) is 10.9 Å². The number of hydrogen-bond acceptors (Lipinski definition) is 2. The third kappa shape index (κ3) is 3.06. The monoisotopic (exact) mass is 333 g/mol. The van der Waals surface area contributed by atoms with E-state index in [1.807, 2.05) is 0 Å². The number of benzene rings is 1. The molecule has 2 rings (SSSR count). The minimum atomic E-state index is -0.438. The molecule has 6 heteroatoms. The summed E-state index contributed by atoms with van der Waals surface area (Å²) < 4.78 is 13.7. The smallest absolute Gasteiger partial charge is 0.265 e. The average molecular weight is 335 g/mol. The first-order valence-electron chi connectivity index (χ1n) is 4.58. The van der Waals surface area contributed by atoms with Crippen molar-refractivity contribution in [2.75, 3.05) is 5.32 Å². The van der Waals surface area contributed by atoms with Crippen LogP contribution >= 0.6 is 38.9 Å². The van der Waals surface area contributed by atoms with Crippen LogP contribution in [0.15, 0.2) is 34.1 Å². The van der Waals surface area contributed by atoms with Gasteiger partial charge in [0, 0.05) is 0 Å². The highest BCUT2D eigenvalue weighted by molar-refractivity contribution is 9.11. The van der Waals surface area contributed by atoms with Gasteiger partial charge in [-0.25, -0.2) is 4.39 Å². The third-order valence-electron chi connectivity index (χ3n) is 1.98. The Morgan fingerprint density at radius 3 is 2.71 bits per heavy atom. The lowest BCUT2D eigenvalue weighted by molar-refractivity contribution is 0.103. The van der Waals surface area contributed by atoms with Gasteiger partial charge in [-0.15, -0.1) is 11.3 Å². The predicted octanol–water partition coefficient (Wildman–Crippen LogP) is 4.56. The Hall–Kier alpha value is -0.910. The van der Waals surface area contributed by atoms with Crippen LogP contribution in [0.3, 0.4) is 0 Å². The Morgan fingerprint density at radius 2 is 2.12 bits per heavy atom. The number of halogens is 3. The summed E-state index contributed by atoms with van der Waals surface area (Å²) in [5, 5.41) is 2.79. The number of nitrogens with one attached hydrogen (secondary N) is 1. The van der Waals surface area contributed by atoms with Crippen molar-refractivity contribution in [3.05, 3.63) is 49.8 Å². The van der Waals surface area contributed by atoms with Crippen molar-refractivity contribution in [1.29, 1.82) is 0 Å². The Morgan fingerprint density at radius 1 is 1.35 bits per heavy atom. The van der Waals surface area contributed by atoms with Crippen LogP contribution in [0.5, 0.6) is 0 Å². The zero-order chi connectivity index (χ0) is 12.4. The molecule has 0 aliphatic heterocycles. The van der Waals surface area contributed by atoms with Gasteiger partial charge in [0.2, 0.25) is 0 Å². The van der Waals surface area contributed by atoms with E-state index in [4.69, 9.17) is 11.6 Å². The van der Waals surface area contributed by atoms with Crippen molar-refractivity contribution in [3.8, 4) is 0 Å². The fourth-order valence-electron chi connectivity index (χ4n) is 1.21. The van der Waals surface area contributed by atoms with Gasteiger partial charge < -0.3 is 5.32 Å². The van der Waals surface area contributed by atoms with Crippen molar-refractivity contribution >= 4 is 50.5 Å². The summed E-state index contributed by atoms with van der Waals surface area (Å²) in [6, 6.07) is 7.30. The van der Waals surface area contributed by atoms with Crippen LogP contribution in [0.4, 0.5) is 10.1 Å². The maximum absolute atomic E-state index is 12.8. The quantitative estimate of drug-likeness (QED) is 0.857. The molecule has 17 heavy (non-hydrogen) atoms. The lowest BCUT2D eigenvalue weighted by Gasteiger charge is -2.05. The van der Waals surface area contributed by atoms with Crippen molar-refractivity contribution in [3.63, 3.8) is 0 Å². The van der Waals surface area contributed by atoms with Crippen LogP contribution < -0.4 is 5.32 Å². The molecule has 0 spiro atoms. The van der Waals surface area contributed by atoms with E-state index in [1.165, 1.54) is 23.5 Å². The molecule has 1 aromatic carbocycles. The molecule has 1 aromatic heterocycles. The molecule has 88 valence electrons. The number of amides is 1. The van der Waals surface area contributed by atoms with E-state index in [1.54, 1.807) is 12.1 Å². The van der Waals surface area contributed by atoms with Gasteiger partial charge in [-0.3, -0.25) is 4.79 Å². The Balaban J connectivity index is 2.18. The number of hydrogen-bond donors (Lipinski definition) is 1. The van der Waals surface area contributed by atoms with Crippen LogP contribution in [0.1, 0.15) is 9.67 Å². The van der Waals surface area contributed by atoms with Gasteiger partial charge in [0.1, 0.15) is 5.82 Å². The Kier molecular flexibility index (Phi) is 3.81. The highest BCUT2D eigenvalue weighted by Gasteiger charge is 2.10. The minimum Gasteiger partial charge on any atom is -0.320 e. The molecule has 0 aliphatic carbocycles. The molecule has 1 N–H and O–H groups in total. The van der Waals surface area contributed by atoms with Crippen molar-refractivity contribution in [2.24, 2.45) is 0 Å². The van der Waals surface area contributed by atoms with E-state index >= 15 is 0 Å². The predicted molar refractivity (Wildman–Crippen MR) is 71.4 cm³/mol. The maximum atomic E-state index is 12.8. The summed E-state index contributed by atoms with van der Waals surface area (Å²) in [5.41, 5.74) is 0.391. The number of anilines is 1. The maximum Gasteiger partial charge on any atom is 0.265 e. The first kappa shape index (κ1) is 12.5. The second-order valence-electron chi connectivity index (χ2n) is 3.18. The van der Waals surface area contributed by atoms with Gasteiger partial charge in [0.25, 0.3) is 5.91 Å². The standard InChI is InChI=1S/C11H6BrClFNOS/c12-10-4-3-9(17-10)11(16)15-8-2-1-6(14)5-7(8)13/h1-5H,(H,15,16). The third-order valence-corrected chi connectivity index (χ3v) is 3.91. The van der Waals surface area contributed by atoms with Gasteiger partial charge in [-0.05, 0) is 46.3 Å². The number of rotatable bonds is 2. The summed E-state index contributed by atoms with van der Waals surface area (Å²) >= 11 is 10.4. The lowest BCUT2D eigenvalue weighted by Crippen LogP contribution is -2.10. The number of carbonyl (C=O) groups is 1. The molecule has 0 bridgehead atoms. The zero-order valence-electron chi connectivity index (χ0n) is 8.34. The van der Waals surface area contributed by atoms with E-state index in [0.29, 0.717) is 10.6 Å². The molecular formula is C11H6BrClFNOS. The molecule has 0 radical (unpaired) electrons. The van der Waals surface area contributed by atoms with Crippen LogP contribution in [0.25, 0.3) is 0 Å². The van der Waals surface area contributed by atoms with Crippen LogP contribution in [0, 0.1) is 5.82 Å². The van der Waals surface area contributed by atoms with Gasteiger partial charge in [-0.1, -0.05) is 11.6 Å². The van der Waals surface area contributed by atoms with Crippen LogP contribution in [-0.2, 0) is 0 Å². The number of thiophene rings is 1. The second-order valence-corrected chi connectivity index (χ2v) is 6.05. The topological polar surface area (TPSA) is 29.1 Å². The largest absolute Gasteiger partial charge is 0.320 e. The molecule has 0 unspecified atom stereocenters. The molecule has 1 amide bonds. The summed E-state index contributed by atoms with van der Waals surface area (Å²) in [6.45, 7) is 0. The van der Waals surface area contributed by atoms with Gasteiger partial charge in [-0.2, -0.15) is 0 Å². The van der Waals surface area contributed by atoms with Crippen LogP contribution in [0.2, 0.25) is 5.02 Å². The van der Waals surface area contributed by atoms with E-state index in [0.717, 1.165) is 9.85 Å². The SMILES string of the molecule is O=C(Nc1ccc(F)cc1Cl)c1ccc(Br)s1. The molecule has 0 saturated heterocycles. The summed E-state index contributed by atoms with van der Waals surface area (Å²) in [5.74, 6) is -0.707.